The maximum atomic E-state index is 12.2. The molecule has 1 amide bonds. The molecule has 2 saturated heterocycles. The summed E-state index contributed by atoms with van der Waals surface area (Å²) in [5, 5.41) is 0. The quantitative estimate of drug-likeness (QED) is 0.801. The molecular formula is C15H19NO2. The number of amides is 1. The highest BCUT2D eigenvalue weighted by atomic mass is 16.5. The van der Waals surface area contributed by atoms with Gasteiger partial charge in [-0.3, -0.25) is 4.79 Å². The first kappa shape index (κ1) is 11.7. The molecule has 0 spiro atoms. The third-order valence-electron chi connectivity index (χ3n) is 4.15. The fourth-order valence-electron chi connectivity index (χ4n) is 3.17. The molecule has 3 heteroatoms. The molecule has 2 fully saturated rings. The molecule has 96 valence electrons. The molecule has 2 aliphatic rings. The SMILES string of the molecule is CC(C)[C@@H]1CO[C@]2(c3ccccc3)CCC(=O)N12. The van der Waals surface area contributed by atoms with Gasteiger partial charge >= 0.3 is 0 Å². The number of carbonyl (C=O) groups is 1. The van der Waals surface area contributed by atoms with Crippen molar-refractivity contribution in [2.75, 3.05) is 6.61 Å². The van der Waals surface area contributed by atoms with Gasteiger partial charge in [0.1, 0.15) is 0 Å². The lowest BCUT2D eigenvalue weighted by Gasteiger charge is -2.34. The number of hydrogen-bond donors (Lipinski definition) is 0. The van der Waals surface area contributed by atoms with E-state index in [-0.39, 0.29) is 11.9 Å². The highest BCUT2D eigenvalue weighted by Crippen LogP contribution is 2.47. The molecule has 3 nitrogen and oxygen atoms in total. The average Bonchev–Trinajstić information content (AvgIpc) is 2.91. The van der Waals surface area contributed by atoms with Gasteiger partial charge in [0, 0.05) is 18.4 Å². The Morgan fingerprint density at radius 1 is 1.33 bits per heavy atom. The molecule has 0 aliphatic carbocycles. The normalized spacial score (nSPS) is 31.2. The summed E-state index contributed by atoms with van der Waals surface area (Å²) < 4.78 is 6.10. The van der Waals surface area contributed by atoms with Crippen LogP contribution in [0.25, 0.3) is 0 Å². The molecule has 0 radical (unpaired) electrons. The first-order valence-electron chi connectivity index (χ1n) is 6.67. The summed E-state index contributed by atoms with van der Waals surface area (Å²) in [6.45, 7) is 4.96. The van der Waals surface area contributed by atoms with Gasteiger partial charge in [-0.25, -0.2) is 0 Å². The van der Waals surface area contributed by atoms with E-state index in [1.54, 1.807) is 0 Å². The number of rotatable bonds is 2. The molecule has 1 aromatic carbocycles. The van der Waals surface area contributed by atoms with E-state index in [1.807, 2.05) is 23.1 Å². The summed E-state index contributed by atoms with van der Waals surface area (Å²) >= 11 is 0. The second-order valence-electron chi connectivity index (χ2n) is 5.54. The van der Waals surface area contributed by atoms with Crippen molar-refractivity contribution in [3.63, 3.8) is 0 Å². The molecule has 0 aromatic heterocycles. The van der Waals surface area contributed by atoms with Crippen molar-refractivity contribution in [3.05, 3.63) is 35.9 Å². The summed E-state index contributed by atoms with van der Waals surface area (Å²) in [5.74, 6) is 0.660. The smallest absolute Gasteiger partial charge is 0.225 e. The monoisotopic (exact) mass is 245 g/mol. The molecule has 2 atom stereocenters. The summed E-state index contributed by atoms with van der Waals surface area (Å²) in [6, 6.07) is 10.4. The Labute approximate surface area is 108 Å². The first-order chi connectivity index (χ1) is 8.65. The van der Waals surface area contributed by atoms with Crippen LogP contribution in [0.15, 0.2) is 30.3 Å². The van der Waals surface area contributed by atoms with Crippen LogP contribution in [-0.4, -0.2) is 23.5 Å². The van der Waals surface area contributed by atoms with Crippen molar-refractivity contribution in [2.45, 2.75) is 38.5 Å². The molecular weight excluding hydrogens is 226 g/mol. The predicted molar refractivity (Wildman–Crippen MR) is 68.8 cm³/mol. The van der Waals surface area contributed by atoms with E-state index in [1.165, 1.54) is 0 Å². The maximum absolute atomic E-state index is 12.2. The first-order valence-corrected chi connectivity index (χ1v) is 6.67. The van der Waals surface area contributed by atoms with E-state index in [2.05, 4.69) is 26.0 Å². The Kier molecular flexibility index (Phi) is 2.67. The lowest BCUT2D eigenvalue weighted by Crippen LogP contribution is -2.45. The third-order valence-corrected chi connectivity index (χ3v) is 4.15. The molecule has 18 heavy (non-hydrogen) atoms. The highest BCUT2D eigenvalue weighted by molar-refractivity contribution is 5.80. The van der Waals surface area contributed by atoms with E-state index < -0.39 is 5.72 Å². The van der Waals surface area contributed by atoms with Gasteiger partial charge in [0.05, 0.1) is 12.6 Å². The Balaban J connectivity index is 2.04. The van der Waals surface area contributed by atoms with E-state index >= 15 is 0 Å². The van der Waals surface area contributed by atoms with Crippen LogP contribution in [0.3, 0.4) is 0 Å². The summed E-state index contributed by atoms with van der Waals surface area (Å²) in [6.07, 6.45) is 1.37. The number of hydrogen-bond acceptors (Lipinski definition) is 2. The molecule has 0 unspecified atom stereocenters. The number of nitrogens with zero attached hydrogens (tertiary/aromatic N) is 1. The molecule has 2 aliphatic heterocycles. The summed E-state index contributed by atoms with van der Waals surface area (Å²) in [7, 11) is 0. The second-order valence-corrected chi connectivity index (χ2v) is 5.54. The van der Waals surface area contributed by atoms with Crippen LogP contribution in [0, 0.1) is 5.92 Å². The number of fused-ring (bicyclic) bond motifs is 1. The van der Waals surface area contributed by atoms with Gasteiger partial charge in [0.15, 0.2) is 5.72 Å². The average molecular weight is 245 g/mol. The zero-order chi connectivity index (χ0) is 12.8. The highest BCUT2D eigenvalue weighted by Gasteiger charge is 2.55. The van der Waals surface area contributed by atoms with Gasteiger partial charge in [-0.2, -0.15) is 0 Å². The zero-order valence-electron chi connectivity index (χ0n) is 10.9. The number of ether oxygens (including phenoxy) is 1. The minimum absolute atomic E-state index is 0.209. The van der Waals surface area contributed by atoms with E-state index in [0.717, 1.165) is 12.0 Å². The van der Waals surface area contributed by atoms with Gasteiger partial charge < -0.3 is 9.64 Å². The Bertz CT molecular complexity index is 457. The summed E-state index contributed by atoms with van der Waals surface area (Å²) in [5.41, 5.74) is 0.617. The Morgan fingerprint density at radius 3 is 2.72 bits per heavy atom. The maximum Gasteiger partial charge on any atom is 0.225 e. The van der Waals surface area contributed by atoms with Gasteiger partial charge in [0.2, 0.25) is 5.91 Å². The second kappa shape index (κ2) is 4.09. The van der Waals surface area contributed by atoms with Crippen molar-refractivity contribution in [1.82, 2.24) is 4.90 Å². The van der Waals surface area contributed by atoms with E-state index in [9.17, 15) is 4.79 Å². The van der Waals surface area contributed by atoms with Crippen molar-refractivity contribution in [2.24, 2.45) is 5.92 Å². The third kappa shape index (κ3) is 1.50. The van der Waals surface area contributed by atoms with Crippen molar-refractivity contribution >= 4 is 5.91 Å². The van der Waals surface area contributed by atoms with Crippen molar-refractivity contribution in [1.29, 1.82) is 0 Å². The lowest BCUT2D eigenvalue weighted by molar-refractivity contribution is -0.140. The summed E-state index contributed by atoms with van der Waals surface area (Å²) in [4.78, 5) is 14.2. The Hall–Kier alpha value is -1.35. The molecule has 2 heterocycles. The van der Waals surface area contributed by atoms with Gasteiger partial charge in [-0.05, 0) is 5.92 Å². The number of carbonyl (C=O) groups excluding carboxylic acids is 1. The zero-order valence-corrected chi connectivity index (χ0v) is 10.9. The lowest BCUT2D eigenvalue weighted by atomic mass is 9.98. The molecule has 1 aromatic rings. The fourth-order valence-corrected chi connectivity index (χ4v) is 3.17. The van der Waals surface area contributed by atoms with Crippen molar-refractivity contribution < 1.29 is 9.53 Å². The van der Waals surface area contributed by atoms with Crippen LogP contribution >= 0.6 is 0 Å². The molecule has 0 saturated carbocycles. The van der Waals surface area contributed by atoms with Crippen LogP contribution in [0.4, 0.5) is 0 Å². The van der Waals surface area contributed by atoms with Crippen LogP contribution in [0.1, 0.15) is 32.3 Å². The fraction of sp³-hybridized carbons (Fsp3) is 0.533. The largest absolute Gasteiger partial charge is 0.349 e. The molecule has 0 bridgehead atoms. The van der Waals surface area contributed by atoms with Gasteiger partial charge in [0.25, 0.3) is 0 Å². The number of benzene rings is 1. The van der Waals surface area contributed by atoms with Crippen LogP contribution in [0.2, 0.25) is 0 Å². The van der Waals surface area contributed by atoms with Crippen LogP contribution in [-0.2, 0) is 15.3 Å². The standard InChI is InChI=1S/C15H19NO2/c1-11(2)13-10-18-15(9-8-14(17)16(13)15)12-6-4-3-5-7-12/h3-7,11,13H,8-10H2,1-2H3/t13-,15-/m0/s1. The Morgan fingerprint density at radius 2 is 2.06 bits per heavy atom. The minimum atomic E-state index is -0.493. The minimum Gasteiger partial charge on any atom is -0.349 e. The van der Waals surface area contributed by atoms with Gasteiger partial charge in [-0.15, -0.1) is 0 Å². The topological polar surface area (TPSA) is 29.5 Å². The van der Waals surface area contributed by atoms with Crippen LogP contribution < -0.4 is 0 Å². The van der Waals surface area contributed by atoms with E-state index in [0.29, 0.717) is 18.9 Å². The molecule has 0 N–H and O–H groups in total. The predicted octanol–water partition coefficient (Wildman–Crippen LogP) is 2.52. The van der Waals surface area contributed by atoms with Crippen molar-refractivity contribution in [3.8, 4) is 0 Å². The van der Waals surface area contributed by atoms with Crippen LogP contribution in [0.5, 0.6) is 0 Å². The molecule has 3 rings (SSSR count). The van der Waals surface area contributed by atoms with Gasteiger partial charge in [-0.1, -0.05) is 44.2 Å². The van der Waals surface area contributed by atoms with E-state index in [4.69, 9.17) is 4.74 Å².